The number of hydrogen-bond donors (Lipinski definition) is 0. The second-order valence-electron chi connectivity index (χ2n) is 3.18. The van der Waals surface area contributed by atoms with Crippen molar-refractivity contribution in [3.8, 4) is 0 Å². The van der Waals surface area contributed by atoms with Crippen LogP contribution in [-0.2, 0) is 9.53 Å². The second kappa shape index (κ2) is 4.31. The molecule has 0 saturated heterocycles. The lowest BCUT2D eigenvalue weighted by Crippen LogP contribution is -2.25. The van der Waals surface area contributed by atoms with Gasteiger partial charge in [-0.05, 0) is 11.8 Å². The van der Waals surface area contributed by atoms with Crippen LogP contribution in [0.1, 0.15) is 27.7 Å². The van der Waals surface area contributed by atoms with Crippen LogP contribution in [0, 0.1) is 11.8 Å². The lowest BCUT2D eigenvalue weighted by atomic mass is 9.96. The number of rotatable bonds is 4. The zero-order chi connectivity index (χ0) is 8.15. The molecule has 0 aliphatic carbocycles. The van der Waals surface area contributed by atoms with Gasteiger partial charge in [0.25, 0.3) is 6.47 Å². The van der Waals surface area contributed by atoms with Crippen LogP contribution < -0.4 is 0 Å². The first-order valence-corrected chi connectivity index (χ1v) is 3.68. The Labute approximate surface area is 62.6 Å². The van der Waals surface area contributed by atoms with Crippen molar-refractivity contribution in [3.05, 3.63) is 0 Å². The van der Waals surface area contributed by atoms with E-state index in [2.05, 4.69) is 0 Å². The Balaban J connectivity index is 3.84. The molecule has 0 radical (unpaired) electrons. The van der Waals surface area contributed by atoms with E-state index in [1.807, 2.05) is 27.7 Å². The van der Waals surface area contributed by atoms with E-state index in [-0.39, 0.29) is 6.10 Å². The number of carbonyl (C=O) groups excluding carboxylic acids is 1. The van der Waals surface area contributed by atoms with Crippen molar-refractivity contribution < 1.29 is 9.53 Å². The van der Waals surface area contributed by atoms with Crippen LogP contribution in [0.5, 0.6) is 0 Å². The first kappa shape index (κ1) is 9.47. The Kier molecular flexibility index (Phi) is 4.08. The van der Waals surface area contributed by atoms with Crippen LogP contribution in [0.3, 0.4) is 0 Å². The Bertz CT molecular complexity index is 89.4. The summed E-state index contributed by atoms with van der Waals surface area (Å²) in [6.45, 7) is 8.73. The predicted molar refractivity (Wildman–Crippen MR) is 40.6 cm³/mol. The van der Waals surface area contributed by atoms with Crippen molar-refractivity contribution in [1.29, 1.82) is 0 Å². The summed E-state index contributed by atoms with van der Waals surface area (Å²) in [6.07, 6.45) is 0.0671. The molecule has 2 heteroatoms. The molecule has 0 atom stereocenters. The number of carbonyl (C=O) groups is 1. The van der Waals surface area contributed by atoms with E-state index in [1.54, 1.807) is 0 Å². The molecule has 0 aliphatic rings. The molecule has 0 unspecified atom stereocenters. The van der Waals surface area contributed by atoms with Gasteiger partial charge < -0.3 is 4.74 Å². The molecule has 0 aromatic heterocycles. The predicted octanol–water partition coefficient (Wildman–Crippen LogP) is 1.84. The van der Waals surface area contributed by atoms with E-state index in [1.165, 1.54) is 0 Å². The molecule has 0 rings (SSSR count). The fourth-order valence-corrected chi connectivity index (χ4v) is 1.15. The van der Waals surface area contributed by atoms with E-state index in [9.17, 15) is 4.79 Å². The lowest BCUT2D eigenvalue weighted by molar-refractivity contribution is -0.138. The van der Waals surface area contributed by atoms with Crippen LogP contribution in [0.4, 0.5) is 0 Å². The quantitative estimate of drug-likeness (QED) is 0.563. The third kappa shape index (κ3) is 2.85. The summed E-state index contributed by atoms with van der Waals surface area (Å²) in [6, 6.07) is 0. The molecule has 60 valence electrons. The summed E-state index contributed by atoms with van der Waals surface area (Å²) in [4.78, 5) is 10.0. The van der Waals surface area contributed by atoms with Gasteiger partial charge in [-0.3, -0.25) is 4.79 Å². The molecule has 0 aliphatic heterocycles. The minimum absolute atomic E-state index is 0.0671. The number of hydrogen-bond acceptors (Lipinski definition) is 2. The molecule has 0 fully saturated rings. The second-order valence-corrected chi connectivity index (χ2v) is 3.18. The standard InChI is InChI=1S/C8H16O2/c1-6(2)8(7(3)4)10-5-9/h5-8H,1-4H3. The highest BCUT2D eigenvalue weighted by atomic mass is 16.5. The van der Waals surface area contributed by atoms with Gasteiger partial charge in [-0.2, -0.15) is 0 Å². The fraction of sp³-hybridized carbons (Fsp3) is 0.875. The van der Waals surface area contributed by atoms with Crippen molar-refractivity contribution in [1.82, 2.24) is 0 Å². The topological polar surface area (TPSA) is 26.3 Å². The first-order chi connectivity index (χ1) is 4.59. The van der Waals surface area contributed by atoms with Crippen LogP contribution in [0.2, 0.25) is 0 Å². The molecule has 0 spiro atoms. The van der Waals surface area contributed by atoms with Gasteiger partial charge in [-0.15, -0.1) is 0 Å². The largest absolute Gasteiger partial charge is 0.464 e. The van der Waals surface area contributed by atoms with Gasteiger partial charge in [0.1, 0.15) is 6.10 Å². The van der Waals surface area contributed by atoms with E-state index in [0.29, 0.717) is 18.3 Å². The maximum Gasteiger partial charge on any atom is 0.293 e. The van der Waals surface area contributed by atoms with Crippen LogP contribution in [0.25, 0.3) is 0 Å². The minimum Gasteiger partial charge on any atom is -0.464 e. The van der Waals surface area contributed by atoms with Gasteiger partial charge in [0, 0.05) is 0 Å². The monoisotopic (exact) mass is 144 g/mol. The summed E-state index contributed by atoms with van der Waals surface area (Å²) in [5.41, 5.74) is 0. The van der Waals surface area contributed by atoms with Crippen LogP contribution in [0.15, 0.2) is 0 Å². The van der Waals surface area contributed by atoms with E-state index in [4.69, 9.17) is 4.74 Å². The third-order valence-corrected chi connectivity index (χ3v) is 1.53. The molecule has 0 aromatic carbocycles. The third-order valence-electron chi connectivity index (χ3n) is 1.53. The number of ether oxygens (including phenoxy) is 1. The maximum atomic E-state index is 10.0. The maximum absolute atomic E-state index is 10.0. The van der Waals surface area contributed by atoms with Crippen molar-refractivity contribution in [2.45, 2.75) is 33.8 Å². The molecule has 0 amide bonds. The van der Waals surface area contributed by atoms with Gasteiger partial charge in [0.15, 0.2) is 0 Å². The highest BCUT2D eigenvalue weighted by Gasteiger charge is 2.17. The molecule has 2 nitrogen and oxygen atoms in total. The van der Waals surface area contributed by atoms with Gasteiger partial charge in [0.05, 0.1) is 0 Å². The molecular formula is C8H16O2. The highest BCUT2D eigenvalue weighted by molar-refractivity contribution is 5.37. The van der Waals surface area contributed by atoms with E-state index >= 15 is 0 Å². The fourth-order valence-electron chi connectivity index (χ4n) is 1.15. The van der Waals surface area contributed by atoms with Crippen LogP contribution >= 0.6 is 0 Å². The van der Waals surface area contributed by atoms with Gasteiger partial charge in [-0.1, -0.05) is 27.7 Å². The molecule has 0 heterocycles. The smallest absolute Gasteiger partial charge is 0.293 e. The first-order valence-electron chi connectivity index (χ1n) is 3.68. The zero-order valence-corrected chi connectivity index (χ0v) is 7.13. The SMILES string of the molecule is CC(C)C(OC=O)C(C)C. The van der Waals surface area contributed by atoms with Gasteiger partial charge >= 0.3 is 0 Å². The molecule has 0 bridgehead atoms. The van der Waals surface area contributed by atoms with E-state index < -0.39 is 0 Å². The Morgan fingerprint density at radius 3 is 1.60 bits per heavy atom. The zero-order valence-electron chi connectivity index (χ0n) is 7.13. The van der Waals surface area contributed by atoms with Crippen molar-refractivity contribution in [2.24, 2.45) is 11.8 Å². The Morgan fingerprint density at radius 2 is 1.50 bits per heavy atom. The summed E-state index contributed by atoms with van der Waals surface area (Å²) < 4.78 is 4.88. The van der Waals surface area contributed by atoms with Crippen molar-refractivity contribution in [2.75, 3.05) is 0 Å². The van der Waals surface area contributed by atoms with Crippen molar-refractivity contribution >= 4 is 6.47 Å². The Morgan fingerprint density at radius 1 is 1.10 bits per heavy atom. The average Bonchev–Trinajstić information content (AvgIpc) is 1.81. The lowest BCUT2D eigenvalue weighted by Gasteiger charge is -2.22. The van der Waals surface area contributed by atoms with Gasteiger partial charge in [0.2, 0.25) is 0 Å². The Hall–Kier alpha value is -0.530. The van der Waals surface area contributed by atoms with Gasteiger partial charge in [-0.25, -0.2) is 0 Å². The summed E-state index contributed by atoms with van der Waals surface area (Å²) >= 11 is 0. The van der Waals surface area contributed by atoms with Crippen LogP contribution in [-0.4, -0.2) is 12.6 Å². The summed E-state index contributed by atoms with van der Waals surface area (Å²) in [5, 5.41) is 0. The molecule has 0 aromatic rings. The molecule has 0 saturated carbocycles. The summed E-state index contributed by atoms with van der Waals surface area (Å²) in [7, 11) is 0. The summed E-state index contributed by atoms with van der Waals surface area (Å²) in [5.74, 6) is 0.815. The van der Waals surface area contributed by atoms with E-state index in [0.717, 1.165) is 0 Å². The minimum atomic E-state index is 0.0671. The van der Waals surface area contributed by atoms with Crippen molar-refractivity contribution in [3.63, 3.8) is 0 Å². The highest BCUT2D eigenvalue weighted by Crippen LogP contribution is 2.14. The molecule has 10 heavy (non-hydrogen) atoms. The molecule has 0 N–H and O–H groups in total. The molecular weight excluding hydrogens is 128 g/mol. The normalized spacial score (nSPS) is 11.1. The average molecular weight is 144 g/mol.